The molecular weight excluding hydrogens is 324 g/mol. The highest BCUT2D eigenvalue weighted by Gasteiger charge is 2.39. The summed E-state index contributed by atoms with van der Waals surface area (Å²) < 4.78 is 5.57. The second-order valence-corrected chi connectivity index (χ2v) is 8.25. The Hall–Kier alpha value is -1.39. The van der Waals surface area contributed by atoms with Gasteiger partial charge in [0.2, 0.25) is 5.91 Å². The fraction of sp³-hybridized carbons (Fsp3) is 0.682. The number of benzene rings is 1. The predicted molar refractivity (Wildman–Crippen MR) is 103 cm³/mol. The fourth-order valence-corrected chi connectivity index (χ4v) is 5.25. The number of nitrogens with zero attached hydrogens (tertiary/aromatic N) is 1. The molecule has 1 atom stereocenters. The van der Waals surface area contributed by atoms with Crippen molar-refractivity contribution in [1.82, 2.24) is 10.2 Å². The smallest absolute Gasteiger partial charge is 0.227 e. The molecular formula is C22H32N2O2. The minimum absolute atomic E-state index is 0.0327. The highest BCUT2D eigenvalue weighted by Crippen LogP contribution is 2.35. The van der Waals surface area contributed by atoms with Crippen molar-refractivity contribution in [2.45, 2.75) is 62.8 Å². The van der Waals surface area contributed by atoms with Crippen LogP contribution in [0.2, 0.25) is 0 Å². The quantitative estimate of drug-likeness (QED) is 0.900. The Morgan fingerprint density at radius 3 is 2.69 bits per heavy atom. The number of carbonyl (C=O) groups excluding carboxylic acids is 1. The van der Waals surface area contributed by atoms with Gasteiger partial charge >= 0.3 is 0 Å². The average molecular weight is 357 g/mol. The van der Waals surface area contributed by atoms with Gasteiger partial charge in [-0.05, 0) is 43.2 Å². The molecule has 0 unspecified atom stereocenters. The molecule has 4 nitrogen and oxygen atoms in total. The van der Waals surface area contributed by atoms with Crippen LogP contribution in [0.3, 0.4) is 0 Å². The van der Waals surface area contributed by atoms with Crippen LogP contribution >= 0.6 is 0 Å². The minimum Gasteiger partial charge on any atom is -0.379 e. The third-order valence-corrected chi connectivity index (χ3v) is 6.74. The standard InChI is InChI=1S/C22H32N2O2/c25-21(20-10-6-8-18-7-2-3-9-19(18)20)23-17-22(11-4-1-5-12-22)24-13-15-26-16-14-24/h2-3,7,9,20H,1,4-6,8,10-17H2,(H,23,25)/t20-/m0/s1. The summed E-state index contributed by atoms with van der Waals surface area (Å²) in [5, 5.41) is 3.38. The number of rotatable bonds is 4. The van der Waals surface area contributed by atoms with E-state index in [1.807, 2.05) is 0 Å². The van der Waals surface area contributed by atoms with Crippen LogP contribution < -0.4 is 5.32 Å². The number of hydrogen-bond acceptors (Lipinski definition) is 3. The molecule has 3 aliphatic rings. The van der Waals surface area contributed by atoms with E-state index in [2.05, 4.69) is 34.5 Å². The molecule has 0 radical (unpaired) electrons. The van der Waals surface area contributed by atoms with E-state index < -0.39 is 0 Å². The molecule has 1 heterocycles. The Morgan fingerprint density at radius 2 is 1.88 bits per heavy atom. The van der Waals surface area contributed by atoms with Crippen molar-refractivity contribution in [3.05, 3.63) is 35.4 Å². The van der Waals surface area contributed by atoms with Gasteiger partial charge in [-0.1, -0.05) is 43.5 Å². The first-order chi connectivity index (χ1) is 12.8. The van der Waals surface area contributed by atoms with E-state index >= 15 is 0 Å². The first kappa shape index (κ1) is 18.0. The van der Waals surface area contributed by atoms with Crippen LogP contribution in [-0.2, 0) is 16.0 Å². The molecule has 1 N–H and O–H groups in total. The zero-order valence-corrected chi connectivity index (χ0v) is 15.8. The largest absolute Gasteiger partial charge is 0.379 e. The molecule has 142 valence electrons. The molecule has 2 fully saturated rings. The van der Waals surface area contributed by atoms with E-state index in [-0.39, 0.29) is 17.4 Å². The van der Waals surface area contributed by atoms with Gasteiger partial charge in [0.1, 0.15) is 0 Å². The van der Waals surface area contributed by atoms with Crippen molar-refractivity contribution < 1.29 is 9.53 Å². The predicted octanol–water partition coefficient (Wildman–Crippen LogP) is 3.26. The normalized spacial score (nSPS) is 26.1. The number of fused-ring (bicyclic) bond motifs is 1. The number of hydrogen-bond donors (Lipinski definition) is 1. The summed E-state index contributed by atoms with van der Waals surface area (Å²) in [6.07, 6.45) is 9.49. The van der Waals surface area contributed by atoms with Gasteiger partial charge in [0.15, 0.2) is 0 Å². The van der Waals surface area contributed by atoms with Gasteiger partial charge in [-0.25, -0.2) is 0 Å². The first-order valence-electron chi connectivity index (χ1n) is 10.5. The van der Waals surface area contributed by atoms with Gasteiger partial charge < -0.3 is 10.1 Å². The summed E-state index contributed by atoms with van der Waals surface area (Å²) in [6.45, 7) is 4.45. The lowest BCUT2D eigenvalue weighted by molar-refractivity contribution is -0.124. The number of morpholine rings is 1. The lowest BCUT2D eigenvalue weighted by Crippen LogP contribution is -2.60. The highest BCUT2D eigenvalue weighted by molar-refractivity contribution is 5.84. The van der Waals surface area contributed by atoms with Crippen LogP contribution in [0.4, 0.5) is 0 Å². The number of carbonyl (C=O) groups is 1. The molecule has 0 spiro atoms. The Kier molecular flexibility index (Phi) is 5.60. The Morgan fingerprint density at radius 1 is 1.12 bits per heavy atom. The van der Waals surface area contributed by atoms with Crippen molar-refractivity contribution in [2.75, 3.05) is 32.8 Å². The molecule has 1 amide bonds. The zero-order valence-electron chi connectivity index (χ0n) is 15.8. The summed E-state index contributed by atoms with van der Waals surface area (Å²) in [5.41, 5.74) is 2.76. The van der Waals surface area contributed by atoms with E-state index in [9.17, 15) is 4.79 Å². The third kappa shape index (κ3) is 3.67. The molecule has 1 saturated heterocycles. The maximum Gasteiger partial charge on any atom is 0.227 e. The monoisotopic (exact) mass is 356 g/mol. The summed E-state index contributed by atoms with van der Waals surface area (Å²) in [6, 6.07) is 8.50. The Labute approximate surface area is 157 Å². The van der Waals surface area contributed by atoms with Gasteiger partial charge in [0.05, 0.1) is 19.1 Å². The van der Waals surface area contributed by atoms with E-state index in [1.54, 1.807) is 0 Å². The number of aryl methyl sites for hydroxylation is 1. The van der Waals surface area contributed by atoms with Crippen molar-refractivity contribution in [3.63, 3.8) is 0 Å². The van der Waals surface area contributed by atoms with Crippen LogP contribution in [-0.4, -0.2) is 49.2 Å². The molecule has 1 aliphatic heterocycles. The molecule has 4 rings (SSSR count). The van der Waals surface area contributed by atoms with Gasteiger partial charge in [-0.3, -0.25) is 9.69 Å². The van der Waals surface area contributed by atoms with Crippen molar-refractivity contribution in [2.24, 2.45) is 0 Å². The molecule has 26 heavy (non-hydrogen) atoms. The van der Waals surface area contributed by atoms with E-state index in [4.69, 9.17) is 4.74 Å². The summed E-state index contributed by atoms with van der Waals surface area (Å²) in [5.74, 6) is 0.264. The van der Waals surface area contributed by atoms with Crippen LogP contribution in [0.15, 0.2) is 24.3 Å². The van der Waals surface area contributed by atoms with Crippen molar-refractivity contribution >= 4 is 5.91 Å². The van der Waals surface area contributed by atoms with Crippen molar-refractivity contribution in [1.29, 1.82) is 0 Å². The Balaban J connectivity index is 1.45. The second-order valence-electron chi connectivity index (χ2n) is 8.25. The summed E-state index contributed by atoms with van der Waals surface area (Å²) in [4.78, 5) is 15.7. The SMILES string of the molecule is O=C(NCC1(N2CCOCC2)CCCCC1)[C@H]1CCCc2ccccc21. The highest BCUT2D eigenvalue weighted by atomic mass is 16.5. The minimum atomic E-state index is 0.0327. The third-order valence-electron chi connectivity index (χ3n) is 6.74. The van der Waals surface area contributed by atoms with Gasteiger partial charge in [-0.2, -0.15) is 0 Å². The number of amides is 1. The average Bonchev–Trinajstić information content (AvgIpc) is 2.73. The lowest BCUT2D eigenvalue weighted by Gasteiger charge is -2.48. The lowest BCUT2D eigenvalue weighted by atomic mass is 9.79. The van der Waals surface area contributed by atoms with Gasteiger partial charge in [0, 0.05) is 25.2 Å². The molecule has 0 bridgehead atoms. The first-order valence-corrected chi connectivity index (χ1v) is 10.5. The Bertz CT molecular complexity index is 618. The van der Waals surface area contributed by atoms with Crippen LogP contribution in [0, 0.1) is 0 Å². The molecule has 2 aliphatic carbocycles. The van der Waals surface area contributed by atoms with Crippen LogP contribution in [0.1, 0.15) is 62.0 Å². The van der Waals surface area contributed by atoms with E-state index in [0.29, 0.717) is 0 Å². The summed E-state index contributed by atoms with van der Waals surface area (Å²) >= 11 is 0. The van der Waals surface area contributed by atoms with Gasteiger partial charge in [0.25, 0.3) is 0 Å². The number of nitrogens with one attached hydrogen (secondary N) is 1. The maximum atomic E-state index is 13.1. The summed E-state index contributed by atoms with van der Waals surface area (Å²) in [7, 11) is 0. The molecule has 1 saturated carbocycles. The maximum absolute atomic E-state index is 13.1. The molecule has 0 aromatic heterocycles. The van der Waals surface area contributed by atoms with Crippen molar-refractivity contribution in [3.8, 4) is 0 Å². The molecule has 1 aromatic rings. The second kappa shape index (κ2) is 8.10. The molecule has 1 aromatic carbocycles. The zero-order chi connectivity index (χ0) is 17.8. The van der Waals surface area contributed by atoms with Crippen LogP contribution in [0.5, 0.6) is 0 Å². The fourth-order valence-electron chi connectivity index (χ4n) is 5.25. The molecule has 4 heteroatoms. The van der Waals surface area contributed by atoms with E-state index in [0.717, 1.165) is 52.1 Å². The topological polar surface area (TPSA) is 41.6 Å². The number of ether oxygens (including phenoxy) is 1. The van der Waals surface area contributed by atoms with E-state index in [1.165, 1.54) is 43.2 Å². The van der Waals surface area contributed by atoms with Crippen LogP contribution in [0.25, 0.3) is 0 Å². The van der Waals surface area contributed by atoms with Gasteiger partial charge in [-0.15, -0.1) is 0 Å².